The molecule has 1 aliphatic carbocycles. The maximum Gasteiger partial charge on any atom is 0.323 e. The van der Waals surface area contributed by atoms with E-state index < -0.39 is 17.4 Å². The van der Waals surface area contributed by atoms with Crippen LogP contribution < -0.4 is 0 Å². The van der Waals surface area contributed by atoms with Crippen molar-refractivity contribution in [3.05, 3.63) is 71.8 Å². The van der Waals surface area contributed by atoms with Crippen LogP contribution in [-0.4, -0.2) is 17.7 Å². The lowest BCUT2D eigenvalue weighted by atomic mass is 9.73. The summed E-state index contributed by atoms with van der Waals surface area (Å²) in [7, 11) is 0. The van der Waals surface area contributed by atoms with Gasteiger partial charge in [0.05, 0.1) is 0 Å². The number of rotatable bonds is 6. The van der Waals surface area contributed by atoms with Gasteiger partial charge in [-0.05, 0) is 24.0 Å². The number of Topliss-reactive ketones (excluding diaryl/α,β-unsaturated/α-hetero) is 1. The second-order valence-electron chi connectivity index (χ2n) is 6.74. The average molecular weight is 366 g/mol. The Bertz CT molecular complexity index is 730. The molecule has 3 rings (SSSR count). The summed E-state index contributed by atoms with van der Waals surface area (Å²) < 4.78 is 10.9. The maximum atomic E-state index is 12.8. The molecule has 2 aromatic rings. The molecule has 0 atom stereocenters. The van der Waals surface area contributed by atoms with E-state index in [1.807, 2.05) is 60.7 Å². The van der Waals surface area contributed by atoms with Gasteiger partial charge < -0.3 is 9.47 Å². The van der Waals surface area contributed by atoms with Crippen molar-refractivity contribution in [2.24, 2.45) is 5.41 Å². The highest BCUT2D eigenvalue weighted by atomic mass is 16.6. The summed E-state index contributed by atoms with van der Waals surface area (Å²) in [5.74, 6) is -1.17. The SMILES string of the molecule is O=C1CCC(C(=O)OCc2ccccc2)(C(=O)OCc2ccccc2)CC1. The van der Waals surface area contributed by atoms with Crippen molar-refractivity contribution in [3.63, 3.8) is 0 Å². The van der Waals surface area contributed by atoms with E-state index in [0.29, 0.717) is 0 Å². The van der Waals surface area contributed by atoms with Crippen LogP contribution in [0.15, 0.2) is 60.7 Å². The Balaban J connectivity index is 1.69. The summed E-state index contributed by atoms with van der Waals surface area (Å²) in [6.07, 6.45) is 0.627. The molecule has 27 heavy (non-hydrogen) atoms. The van der Waals surface area contributed by atoms with Gasteiger partial charge in [-0.15, -0.1) is 0 Å². The van der Waals surface area contributed by atoms with E-state index in [1.54, 1.807) is 0 Å². The molecule has 1 fully saturated rings. The monoisotopic (exact) mass is 366 g/mol. The molecule has 0 spiro atoms. The van der Waals surface area contributed by atoms with Crippen LogP contribution >= 0.6 is 0 Å². The first-order valence-corrected chi connectivity index (χ1v) is 9.04. The quantitative estimate of drug-likeness (QED) is 0.577. The standard InChI is InChI=1S/C22H22O5/c23-19-11-13-22(14-12-19,20(24)26-15-17-7-3-1-4-8-17)21(25)27-16-18-9-5-2-6-10-18/h1-10H,11-16H2. The Kier molecular flexibility index (Phi) is 6.01. The Labute approximate surface area is 158 Å². The van der Waals surface area contributed by atoms with Gasteiger partial charge in [0.15, 0.2) is 5.41 Å². The Morgan fingerprint density at radius 1 is 0.741 bits per heavy atom. The molecule has 0 N–H and O–H groups in total. The molecule has 0 radical (unpaired) electrons. The van der Waals surface area contributed by atoms with Crippen LogP contribution in [-0.2, 0) is 37.1 Å². The summed E-state index contributed by atoms with van der Waals surface area (Å²) in [6.45, 7) is 0.169. The summed E-state index contributed by atoms with van der Waals surface area (Å²) in [6, 6.07) is 18.5. The van der Waals surface area contributed by atoms with E-state index in [2.05, 4.69) is 0 Å². The summed E-state index contributed by atoms with van der Waals surface area (Å²) in [4.78, 5) is 37.3. The fraction of sp³-hybridized carbons (Fsp3) is 0.318. The van der Waals surface area contributed by atoms with E-state index in [0.717, 1.165) is 11.1 Å². The minimum atomic E-state index is -1.41. The zero-order valence-corrected chi connectivity index (χ0v) is 15.1. The van der Waals surface area contributed by atoms with Crippen LogP contribution in [0.4, 0.5) is 0 Å². The lowest BCUT2D eigenvalue weighted by molar-refractivity contribution is -0.177. The highest BCUT2D eigenvalue weighted by molar-refractivity contribution is 6.02. The van der Waals surface area contributed by atoms with Crippen molar-refractivity contribution in [1.82, 2.24) is 0 Å². The predicted octanol–water partition coefficient (Wildman–Crippen LogP) is 3.60. The van der Waals surface area contributed by atoms with Gasteiger partial charge in [0.2, 0.25) is 0 Å². The number of carbonyl (C=O) groups is 3. The smallest absolute Gasteiger partial charge is 0.323 e. The molecule has 0 saturated heterocycles. The molecule has 5 heteroatoms. The molecule has 5 nitrogen and oxygen atoms in total. The van der Waals surface area contributed by atoms with Gasteiger partial charge >= 0.3 is 11.9 Å². The largest absolute Gasteiger partial charge is 0.460 e. The van der Waals surface area contributed by atoms with Crippen molar-refractivity contribution >= 4 is 17.7 Å². The molecule has 0 aliphatic heterocycles. The first-order valence-electron chi connectivity index (χ1n) is 9.04. The number of hydrogen-bond donors (Lipinski definition) is 0. The fourth-order valence-electron chi connectivity index (χ4n) is 3.17. The lowest BCUT2D eigenvalue weighted by Crippen LogP contribution is -2.44. The second-order valence-corrected chi connectivity index (χ2v) is 6.74. The van der Waals surface area contributed by atoms with Crippen LogP contribution in [0.5, 0.6) is 0 Å². The van der Waals surface area contributed by atoms with Gasteiger partial charge in [0, 0.05) is 12.8 Å². The normalized spacial score (nSPS) is 15.8. The van der Waals surface area contributed by atoms with Gasteiger partial charge in [-0.2, -0.15) is 0 Å². The summed E-state index contributed by atoms with van der Waals surface area (Å²) >= 11 is 0. The van der Waals surface area contributed by atoms with E-state index in [4.69, 9.17) is 9.47 Å². The van der Waals surface area contributed by atoms with E-state index in [9.17, 15) is 14.4 Å². The first-order chi connectivity index (χ1) is 13.1. The maximum absolute atomic E-state index is 12.8. The third-order valence-corrected chi connectivity index (χ3v) is 4.87. The lowest BCUT2D eigenvalue weighted by Gasteiger charge is -2.32. The molecule has 140 valence electrons. The third kappa shape index (κ3) is 4.61. The molecule has 0 unspecified atom stereocenters. The van der Waals surface area contributed by atoms with E-state index >= 15 is 0 Å². The number of ketones is 1. The van der Waals surface area contributed by atoms with Crippen LogP contribution in [0.1, 0.15) is 36.8 Å². The van der Waals surface area contributed by atoms with E-state index in [-0.39, 0.29) is 44.7 Å². The van der Waals surface area contributed by atoms with Crippen molar-refractivity contribution in [3.8, 4) is 0 Å². The summed E-state index contributed by atoms with van der Waals surface area (Å²) in [5, 5.41) is 0. The number of esters is 2. The number of hydrogen-bond acceptors (Lipinski definition) is 5. The van der Waals surface area contributed by atoms with Crippen molar-refractivity contribution < 1.29 is 23.9 Å². The third-order valence-electron chi connectivity index (χ3n) is 4.87. The second kappa shape index (κ2) is 8.62. The van der Waals surface area contributed by atoms with Crippen LogP contribution in [0.25, 0.3) is 0 Å². The van der Waals surface area contributed by atoms with Gasteiger partial charge in [-0.3, -0.25) is 14.4 Å². The van der Waals surface area contributed by atoms with E-state index in [1.165, 1.54) is 0 Å². The predicted molar refractivity (Wildman–Crippen MR) is 98.4 cm³/mol. The van der Waals surface area contributed by atoms with Gasteiger partial charge in [0.1, 0.15) is 19.0 Å². The molecule has 0 heterocycles. The van der Waals surface area contributed by atoms with Crippen molar-refractivity contribution in [2.75, 3.05) is 0 Å². The highest BCUT2D eigenvalue weighted by Crippen LogP contribution is 2.38. The molecule has 1 aliphatic rings. The molecular weight excluding hydrogens is 344 g/mol. The fourth-order valence-corrected chi connectivity index (χ4v) is 3.17. The minimum Gasteiger partial charge on any atom is -0.460 e. The summed E-state index contributed by atoms with van der Waals surface area (Å²) in [5.41, 5.74) is 0.272. The topological polar surface area (TPSA) is 69.7 Å². The average Bonchev–Trinajstić information content (AvgIpc) is 2.72. The van der Waals surface area contributed by atoms with Gasteiger partial charge in [-0.1, -0.05) is 60.7 Å². The van der Waals surface area contributed by atoms with Gasteiger partial charge in [0.25, 0.3) is 0 Å². The van der Waals surface area contributed by atoms with Crippen molar-refractivity contribution in [2.45, 2.75) is 38.9 Å². The first kappa shape index (κ1) is 18.8. The molecule has 0 amide bonds. The zero-order chi connectivity index (χ0) is 19.1. The van der Waals surface area contributed by atoms with Crippen LogP contribution in [0, 0.1) is 5.41 Å². The molecule has 2 aromatic carbocycles. The molecule has 1 saturated carbocycles. The molecule has 0 aromatic heterocycles. The Morgan fingerprint density at radius 3 is 1.56 bits per heavy atom. The zero-order valence-electron chi connectivity index (χ0n) is 15.1. The van der Waals surface area contributed by atoms with Crippen molar-refractivity contribution in [1.29, 1.82) is 0 Å². The van der Waals surface area contributed by atoms with Crippen LogP contribution in [0.3, 0.4) is 0 Å². The molecular formula is C22H22O5. The highest BCUT2D eigenvalue weighted by Gasteiger charge is 2.51. The Hall–Kier alpha value is -2.95. The Morgan fingerprint density at radius 2 is 1.15 bits per heavy atom. The van der Waals surface area contributed by atoms with Gasteiger partial charge in [-0.25, -0.2) is 0 Å². The number of carbonyl (C=O) groups excluding carboxylic acids is 3. The number of benzene rings is 2. The van der Waals surface area contributed by atoms with Crippen LogP contribution in [0.2, 0.25) is 0 Å². The number of ether oxygens (including phenoxy) is 2. The molecule has 0 bridgehead atoms. The minimum absolute atomic E-state index is 0.0531.